The third-order valence-corrected chi connectivity index (χ3v) is 2.32. The molecule has 0 saturated carbocycles. The maximum atomic E-state index is 11.5. The molecular weight excluding hydrogens is 210 g/mol. The molecule has 5 heteroatoms. The number of amides is 1. The molecule has 0 unspecified atom stereocenters. The van der Waals surface area contributed by atoms with Crippen LogP contribution < -0.4 is 19.5 Å². The van der Waals surface area contributed by atoms with E-state index in [0.29, 0.717) is 36.0 Å². The van der Waals surface area contributed by atoms with Crippen LogP contribution in [0.3, 0.4) is 0 Å². The van der Waals surface area contributed by atoms with E-state index in [9.17, 15) is 4.79 Å². The van der Waals surface area contributed by atoms with Gasteiger partial charge in [-0.05, 0) is 12.1 Å². The lowest BCUT2D eigenvalue weighted by molar-refractivity contribution is 0.0961. The molecule has 0 bridgehead atoms. The van der Waals surface area contributed by atoms with Gasteiger partial charge in [-0.3, -0.25) is 4.79 Å². The summed E-state index contributed by atoms with van der Waals surface area (Å²) in [5.74, 6) is 1.43. The molecule has 0 fully saturated rings. The van der Waals surface area contributed by atoms with E-state index in [-0.39, 0.29) is 5.91 Å². The van der Waals surface area contributed by atoms with E-state index in [1.807, 2.05) is 0 Å². The number of ether oxygens (including phenoxy) is 3. The second-order valence-corrected chi connectivity index (χ2v) is 3.28. The number of nitrogens with one attached hydrogen (secondary N) is 1. The Morgan fingerprint density at radius 1 is 1.38 bits per heavy atom. The van der Waals surface area contributed by atoms with Crippen LogP contribution in [0.4, 0.5) is 0 Å². The largest absolute Gasteiger partial charge is 0.493 e. The van der Waals surface area contributed by atoms with Crippen LogP contribution in [0.1, 0.15) is 10.4 Å². The van der Waals surface area contributed by atoms with E-state index in [1.54, 1.807) is 19.2 Å². The second-order valence-electron chi connectivity index (χ2n) is 3.28. The number of hydrogen-bond donors (Lipinski definition) is 1. The molecule has 86 valence electrons. The number of carbonyl (C=O) groups is 1. The van der Waals surface area contributed by atoms with Crippen LogP contribution >= 0.6 is 0 Å². The summed E-state index contributed by atoms with van der Waals surface area (Å²) in [6, 6.07) is 3.28. The van der Waals surface area contributed by atoms with Crippen LogP contribution in [0.5, 0.6) is 17.2 Å². The minimum Gasteiger partial charge on any atom is -0.493 e. The fourth-order valence-corrected chi connectivity index (χ4v) is 1.55. The molecule has 1 aliphatic heterocycles. The van der Waals surface area contributed by atoms with Crippen molar-refractivity contribution in [2.24, 2.45) is 0 Å². The number of hydrogen-bond acceptors (Lipinski definition) is 4. The van der Waals surface area contributed by atoms with Gasteiger partial charge >= 0.3 is 0 Å². The van der Waals surface area contributed by atoms with Gasteiger partial charge in [0.1, 0.15) is 13.2 Å². The average molecular weight is 223 g/mol. The molecule has 1 aliphatic rings. The van der Waals surface area contributed by atoms with Gasteiger partial charge < -0.3 is 19.5 Å². The third kappa shape index (κ3) is 1.76. The van der Waals surface area contributed by atoms with Gasteiger partial charge in [-0.1, -0.05) is 0 Å². The monoisotopic (exact) mass is 223 g/mol. The lowest BCUT2D eigenvalue weighted by atomic mass is 10.1. The predicted octanol–water partition coefficient (Wildman–Crippen LogP) is 0.826. The van der Waals surface area contributed by atoms with Gasteiger partial charge in [-0.15, -0.1) is 0 Å². The molecule has 1 heterocycles. The average Bonchev–Trinajstić information content (AvgIpc) is 2.36. The summed E-state index contributed by atoms with van der Waals surface area (Å²) in [4.78, 5) is 11.5. The van der Waals surface area contributed by atoms with Gasteiger partial charge in [0.2, 0.25) is 5.75 Å². The van der Waals surface area contributed by atoms with Gasteiger partial charge in [0.15, 0.2) is 11.5 Å². The first-order valence-corrected chi connectivity index (χ1v) is 4.96. The van der Waals surface area contributed by atoms with Crippen LogP contribution in [-0.2, 0) is 0 Å². The van der Waals surface area contributed by atoms with Crippen LogP contribution in [0.25, 0.3) is 0 Å². The molecule has 16 heavy (non-hydrogen) atoms. The molecule has 1 N–H and O–H groups in total. The van der Waals surface area contributed by atoms with Crippen molar-refractivity contribution in [2.75, 3.05) is 27.4 Å². The zero-order valence-electron chi connectivity index (χ0n) is 9.20. The summed E-state index contributed by atoms with van der Waals surface area (Å²) in [5, 5.41) is 2.55. The minimum atomic E-state index is -0.185. The predicted molar refractivity (Wildman–Crippen MR) is 57.4 cm³/mol. The second kappa shape index (κ2) is 4.30. The van der Waals surface area contributed by atoms with Gasteiger partial charge in [0, 0.05) is 12.6 Å². The molecule has 0 atom stereocenters. The summed E-state index contributed by atoms with van der Waals surface area (Å²) in [5.41, 5.74) is 0.489. The Morgan fingerprint density at radius 3 is 2.81 bits per heavy atom. The van der Waals surface area contributed by atoms with Crippen molar-refractivity contribution in [1.82, 2.24) is 5.32 Å². The maximum Gasteiger partial charge on any atom is 0.251 e. The molecule has 0 aromatic heterocycles. The zero-order chi connectivity index (χ0) is 11.5. The van der Waals surface area contributed by atoms with Gasteiger partial charge in [-0.2, -0.15) is 0 Å². The normalized spacial score (nSPS) is 13.1. The van der Waals surface area contributed by atoms with Crippen LogP contribution in [0.15, 0.2) is 12.1 Å². The first kappa shape index (κ1) is 10.6. The van der Waals surface area contributed by atoms with Crippen molar-refractivity contribution >= 4 is 5.91 Å². The van der Waals surface area contributed by atoms with Gasteiger partial charge in [-0.25, -0.2) is 0 Å². The maximum absolute atomic E-state index is 11.5. The van der Waals surface area contributed by atoms with Crippen molar-refractivity contribution in [2.45, 2.75) is 0 Å². The molecule has 1 aromatic carbocycles. The number of fused-ring (bicyclic) bond motifs is 1. The first-order chi connectivity index (χ1) is 7.76. The van der Waals surface area contributed by atoms with Crippen LogP contribution in [0, 0.1) is 0 Å². The summed E-state index contributed by atoms with van der Waals surface area (Å²) < 4.78 is 16.0. The molecule has 2 rings (SSSR count). The number of methoxy groups -OCH3 is 1. The highest BCUT2D eigenvalue weighted by molar-refractivity contribution is 5.95. The molecule has 5 nitrogen and oxygen atoms in total. The summed E-state index contributed by atoms with van der Waals surface area (Å²) in [6.07, 6.45) is 0. The van der Waals surface area contributed by atoms with Crippen molar-refractivity contribution in [3.8, 4) is 17.2 Å². The molecule has 0 aliphatic carbocycles. The molecule has 0 spiro atoms. The topological polar surface area (TPSA) is 56.8 Å². The van der Waals surface area contributed by atoms with Crippen molar-refractivity contribution in [3.63, 3.8) is 0 Å². The summed E-state index contributed by atoms with van der Waals surface area (Å²) in [6.45, 7) is 0.968. The zero-order valence-corrected chi connectivity index (χ0v) is 9.20. The Hall–Kier alpha value is -1.91. The summed E-state index contributed by atoms with van der Waals surface area (Å²) >= 11 is 0. The highest BCUT2D eigenvalue weighted by Crippen LogP contribution is 2.40. The number of carbonyl (C=O) groups excluding carboxylic acids is 1. The Bertz CT molecular complexity index is 399. The minimum absolute atomic E-state index is 0.185. The van der Waals surface area contributed by atoms with Crippen LogP contribution in [-0.4, -0.2) is 33.3 Å². The Morgan fingerprint density at radius 2 is 2.12 bits per heavy atom. The molecule has 0 saturated heterocycles. The van der Waals surface area contributed by atoms with E-state index in [0.717, 1.165) is 0 Å². The molecule has 0 radical (unpaired) electrons. The molecule has 1 amide bonds. The third-order valence-electron chi connectivity index (χ3n) is 2.32. The molecular formula is C11H13NO4. The van der Waals surface area contributed by atoms with Crippen molar-refractivity contribution in [3.05, 3.63) is 17.7 Å². The van der Waals surface area contributed by atoms with Gasteiger partial charge in [0.25, 0.3) is 5.91 Å². The number of benzene rings is 1. The van der Waals surface area contributed by atoms with E-state index < -0.39 is 0 Å². The fourth-order valence-electron chi connectivity index (χ4n) is 1.55. The van der Waals surface area contributed by atoms with E-state index in [1.165, 1.54) is 7.11 Å². The highest BCUT2D eigenvalue weighted by atomic mass is 16.6. The SMILES string of the molecule is CNC(=O)c1cc(OC)c2c(c1)OCCO2. The molecule has 1 aromatic rings. The first-order valence-electron chi connectivity index (χ1n) is 4.96. The highest BCUT2D eigenvalue weighted by Gasteiger charge is 2.20. The standard InChI is InChI=1S/C11H13NO4/c1-12-11(13)7-5-8(14-2)10-9(6-7)15-3-4-16-10/h5-6H,3-4H2,1-2H3,(H,12,13). The lowest BCUT2D eigenvalue weighted by Gasteiger charge is -2.21. The lowest BCUT2D eigenvalue weighted by Crippen LogP contribution is -2.20. The summed E-state index contributed by atoms with van der Waals surface area (Å²) in [7, 11) is 3.10. The van der Waals surface area contributed by atoms with Crippen molar-refractivity contribution in [1.29, 1.82) is 0 Å². The van der Waals surface area contributed by atoms with E-state index in [2.05, 4.69) is 5.32 Å². The Kier molecular flexibility index (Phi) is 2.85. The number of rotatable bonds is 2. The van der Waals surface area contributed by atoms with E-state index >= 15 is 0 Å². The fraction of sp³-hybridized carbons (Fsp3) is 0.364. The van der Waals surface area contributed by atoms with Gasteiger partial charge in [0.05, 0.1) is 7.11 Å². The van der Waals surface area contributed by atoms with Crippen LogP contribution in [0.2, 0.25) is 0 Å². The van der Waals surface area contributed by atoms with E-state index in [4.69, 9.17) is 14.2 Å². The Labute approximate surface area is 93.3 Å². The Balaban J connectivity index is 2.47. The smallest absolute Gasteiger partial charge is 0.251 e. The quantitative estimate of drug-likeness (QED) is 0.806. The van der Waals surface area contributed by atoms with Crippen molar-refractivity contribution < 1.29 is 19.0 Å².